The number of ether oxygens (including phenoxy) is 1. The Balaban J connectivity index is 2.51. The Hall–Kier alpha value is -1.56. The second-order valence-corrected chi connectivity index (χ2v) is 5.86. The first-order valence-electron chi connectivity index (χ1n) is 6.02. The standard InChI is InChI=1S/C14H13F3O2S/c1-2-20(18)12-8-4-6-10-5-3-7-11(13(10)12)19-9-14(15,16)17/h3-8H,2,9H2,1H3. The van der Waals surface area contributed by atoms with E-state index >= 15 is 0 Å². The van der Waals surface area contributed by atoms with Crippen molar-refractivity contribution in [1.82, 2.24) is 0 Å². The molecule has 0 saturated heterocycles. The van der Waals surface area contributed by atoms with E-state index in [0.717, 1.165) is 0 Å². The summed E-state index contributed by atoms with van der Waals surface area (Å²) in [6.45, 7) is 0.396. The summed E-state index contributed by atoms with van der Waals surface area (Å²) in [6, 6.07) is 9.98. The topological polar surface area (TPSA) is 26.3 Å². The zero-order valence-electron chi connectivity index (χ0n) is 10.7. The van der Waals surface area contributed by atoms with Crippen LogP contribution in [0.2, 0.25) is 0 Å². The van der Waals surface area contributed by atoms with Crippen molar-refractivity contribution in [3.05, 3.63) is 36.4 Å². The molecule has 20 heavy (non-hydrogen) atoms. The lowest BCUT2D eigenvalue weighted by atomic mass is 10.1. The van der Waals surface area contributed by atoms with Crippen LogP contribution in [-0.2, 0) is 10.8 Å². The number of hydrogen-bond acceptors (Lipinski definition) is 2. The predicted molar refractivity (Wildman–Crippen MR) is 72.4 cm³/mol. The summed E-state index contributed by atoms with van der Waals surface area (Å²) >= 11 is 0. The zero-order chi connectivity index (χ0) is 14.8. The monoisotopic (exact) mass is 302 g/mol. The summed E-state index contributed by atoms with van der Waals surface area (Å²) in [5.74, 6) is 0.504. The van der Waals surface area contributed by atoms with Gasteiger partial charge in [-0.1, -0.05) is 31.2 Å². The summed E-state index contributed by atoms with van der Waals surface area (Å²) in [6.07, 6.45) is -4.40. The Morgan fingerprint density at radius 1 is 1.15 bits per heavy atom. The van der Waals surface area contributed by atoms with Gasteiger partial charge in [-0.25, -0.2) is 0 Å². The van der Waals surface area contributed by atoms with Gasteiger partial charge in [0.2, 0.25) is 0 Å². The van der Waals surface area contributed by atoms with Crippen LogP contribution in [0.15, 0.2) is 41.3 Å². The van der Waals surface area contributed by atoms with E-state index in [1.165, 1.54) is 6.07 Å². The van der Waals surface area contributed by atoms with Gasteiger partial charge in [-0.15, -0.1) is 0 Å². The Labute approximate surface area is 117 Å². The molecule has 0 fully saturated rings. The molecular formula is C14H13F3O2S. The summed E-state index contributed by atoms with van der Waals surface area (Å²) < 4.78 is 53.7. The summed E-state index contributed by atoms with van der Waals surface area (Å²) in [4.78, 5) is 0.503. The van der Waals surface area contributed by atoms with Crippen molar-refractivity contribution in [2.24, 2.45) is 0 Å². The number of alkyl halides is 3. The zero-order valence-corrected chi connectivity index (χ0v) is 11.6. The first kappa shape index (κ1) is 14.8. The minimum atomic E-state index is -4.40. The van der Waals surface area contributed by atoms with Gasteiger partial charge < -0.3 is 4.74 Å². The molecule has 6 heteroatoms. The molecule has 0 aliphatic carbocycles. The van der Waals surface area contributed by atoms with Crippen LogP contribution in [-0.4, -0.2) is 22.7 Å². The van der Waals surface area contributed by atoms with Gasteiger partial charge in [-0.3, -0.25) is 4.21 Å². The molecule has 2 aromatic rings. The van der Waals surface area contributed by atoms with Crippen LogP contribution < -0.4 is 4.74 Å². The number of halogens is 3. The van der Waals surface area contributed by atoms with Crippen LogP contribution in [0.25, 0.3) is 10.8 Å². The third-order valence-corrected chi connectivity index (χ3v) is 4.08. The smallest absolute Gasteiger partial charge is 0.422 e. The number of hydrogen-bond donors (Lipinski definition) is 0. The van der Waals surface area contributed by atoms with Crippen molar-refractivity contribution in [3.8, 4) is 5.75 Å². The Kier molecular flexibility index (Phi) is 4.32. The molecule has 0 amide bonds. The highest BCUT2D eigenvalue weighted by molar-refractivity contribution is 7.85. The maximum Gasteiger partial charge on any atom is 0.422 e. The van der Waals surface area contributed by atoms with E-state index in [4.69, 9.17) is 4.74 Å². The van der Waals surface area contributed by atoms with Gasteiger partial charge in [-0.05, 0) is 17.5 Å². The molecule has 0 spiro atoms. The molecule has 2 aromatic carbocycles. The Morgan fingerprint density at radius 2 is 1.80 bits per heavy atom. The normalized spacial score (nSPS) is 13.4. The van der Waals surface area contributed by atoms with Crippen LogP contribution in [0.3, 0.4) is 0 Å². The van der Waals surface area contributed by atoms with Gasteiger partial charge in [0, 0.05) is 11.1 Å². The number of benzene rings is 2. The molecule has 0 heterocycles. The highest BCUT2D eigenvalue weighted by atomic mass is 32.2. The fourth-order valence-corrected chi connectivity index (χ4v) is 2.89. The molecule has 0 N–H and O–H groups in total. The van der Waals surface area contributed by atoms with Crippen molar-refractivity contribution >= 4 is 21.6 Å². The molecule has 108 valence electrons. The molecule has 0 radical (unpaired) electrons. The Bertz CT molecular complexity index is 633. The Morgan fingerprint density at radius 3 is 2.40 bits per heavy atom. The van der Waals surface area contributed by atoms with Crippen LogP contribution in [0, 0.1) is 0 Å². The molecule has 1 atom stereocenters. The van der Waals surface area contributed by atoms with E-state index in [1.807, 2.05) is 0 Å². The first-order valence-corrected chi connectivity index (χ1v) is 7.34. The van der Waals surface area contributed by atoms with Gasteiger partial charge in [-0.2, -0.15) is 13.2 Å². The van der Waals surface area contributed by atoms with Crippen molar-refractivity contribution in [2.75, 3.05) is 12.4 Å². The fourth-order valence-electron chi connectivity index (χ4n) is 1.90. The number of fused-ring (bicyclic) bond motifs is 1. The van der Waals surface area contributed by atoms with Gasteiger partial charge in [0.25, 0.3) is 0 Å². The third kappa shape index (κ3) is 3.30. The SMILES string of the molecule is CCS(=O)c1cccc2cccc(OCC(F)(F)F)c12. The summed E-state index contributed by atoms with van der Waals surface area (Å²) in [5, 5.41) is 1.20. The van der Waals surface area contributed by atoms with Gasteiger partial charge in [0.1, 0.15) is 5.75 Å². The molecular weight excluding hydrogens is 289 g/mol. The molecule has 1 unspecified atom stereocenters. The third-order valence-electron chi connectivity index (χ3n) is 2.73. The number of rotatable bonds is 4. The minimum Gasteiger partial charge on any atom is -0.483 e. The highest BCUT2D eigenvalue weighted by Crippen LogP contribution is 2.32. The van der Waals surface area contributed by atoms with E-state index in [-0.39, 0.29) is 5.75 Å². The molecule has 0 saturated carbocycles. The largest absolute Gasteiger partial charge is 0.483 e. The van der Waals surface area contributed by atoms with Crippen LogP contribution >= 0.6 is 0 Å². The molecule has 0 aliphatic rings. The van der Waals surface area contributed by atoms with E-state index in [2.05, 4.69) is 0 Å². The predicted octanol–water partition coefficient (Wildman–Crippen LogP) is 3.91. The molecule has 2 rings (SSSR count). The lowest BCUT2D eigenvalue weighted by molar-refractivity contribution is -0.153. The summed E-state index contributed by atoms with van der Waals surface area (Å²) in [7, 11) is -1.26. The minimum absolute atomic E-state index is 0.109. The first-order chi connectivity index (χ1) is 9.42. The van der Waals surface area contributed by atoms with E-state index in [0.29, 0.717) is 21.4 Å². The second-order valence-electron chi connectivity index (χ2n) is 4.15. The average molecular weight is 302 g/mol. The molecule has 2 nitrogen and oxygen atoms in total. The van der Waals surface area contributed by atoms with Crippen molar-refractivity contribution in [1.29, 1.82) is 0 Å². The molecule has 0 bridgehead atoms. The fraction of sp³-hybridized carbons (Fsp3) is 0.286. The van der Waals surface area contributed by atoms with Crippen LogP contribution in [0.1, 0.15) is 6.92 Å². The van der Waals surface area contributed by atoms with Crippen LogP contribution in [0.5, 0.6) is 5.75 Å². The molecule has 0 aromatic heterocycles. The lowest BCUT2D eigenvalue weighted by Gasteiger charge is -2.13. The van der Waals surface area contributed by atoms with Crippen molar-refractivity contribution < 1.29 is 22.1 Å². The second kappa shape index (κ2) is 5.83. The average Bonchev–Trinajstić information content (AvgIpc) is 2.42. The molecule has 0 aliphatic heterocycles. The van der Waals surface area contributed by atoms with Gasteiger partial charge >= 0.3 is 6.18 Å². The lowest BCUT2D eigenvalue weighted by Crippen LogP contribution is -2.19. The van der Waals surface area contributed by atoms with Gasteiger partial charge in [0.05, 0.1) is 15.7 Å². The summed E-state index contributed by atoms with van der Waals surface area (Å²) in [5.41, 5.74) is 0. The maximum atomic E-state index is 12.3. The van der Waals surface area contributed by atoms with Gasteiger partial charge in [0.15, 0.2) is 6.61 Å². The highest BCUT2D eigenvalue weighted by Gasteiger charge is 2.29. The van der Waals surface area contributed by atoms with E-state index in [1.54, 1.807) is 37.3 Å². The van der Waals surface area contributed by atoms with E-state index in [9.17, 15) is 17.4 Å². The quantitative estimate of drug-likeness (QED) is 0.856. The maximum absolute atomic E-state index is 12.3. The van der Waals surface area contributed by atoms with Crippen molar-refractivity contribution in [3.63, 3.8) is 0 Å². The van der Waals surface area contributed by atoms with E-state index < -0.39 is 23.6 Å². The van der Waals surface area contributed by atoms with Crippen LogP contribution in [0.4, 0.5) is 13.2 Å². The van der Waals surface area contributed by atoms with Crippen molar-refractivity contribution in [2.45, 2.75) is 18.0 Å².